The first-order chi connectivity index (χ1) is 7.68. The molecule has 0 aliphatic carbocycles. The van der Waals surface area contributed by atoms with Crippen molar-refractivity contribution >= 4 is 34.0 Å². The number of thiazole rings is 1. The minimum absolute atomic E-state index is 0.438. The molecule has 0 amide bonds. The molecule has 4 nitrogen and oxygen atoms in total. The number of hydrogen-bond donors (Lipinski definition) is 1. The number of aromatic nitrogens is 1. The van der Waals surface area contributed by atoms with Crippen molar-refractivity contribution in [2.75, 3.05) is 11.4 Å². The zero-order valence-electron chi connectivity index (χ0n) is 8.73. The van der Waals surface area contributed by atoms with Gasteiger partial charge >= 0.3 is 5.97 Å². The fraction of sp³-hybridized carbons (Fsp3) is 0.600. The molecule has 0 bridgehead atoms. The summed E-state index contributed by atoms with van der Waals surface area (Å²) in [5, 5.41) is 12.1. The Kier molecular flexibility index (Phi) is 3.66. The number of rotatable bonds is 2. The van der Waals surface area contributed by atoms with Gasteiger partial charge in [0.2, 0.25) is 0 Å². The number of anilines is 1. The number of carboxylic acid groups (broad SMARTS) is 1. The standard InChI is InChI=1S/C10H13ClN2O2S/c11-8-6-16-10(12-8)13-5-3-1-2-4-7(13)9(14)15/h6-7H,1-5H2,(H,14,15). The second-order valence-electron chi connectivity index (χ2n) is 3.85. The van der Waals surface area contributed by atoms with E-state index < -0.39 is 12.0 Å². The summed E-state index contributed by atoms with van der Waals surface area (Å²) in [6, 6.07) is -0.454. The highest BCUT2D eigenvalue weighted by Crippen LogP contribution is 2.28. The molecule has 2 heterocycles. The first kappa shape index (κ1) is 11.7. The molecule has 0 radical (unpaired) electrons. The van der Waals surface area contributed by atoms with Gasteiger partial charge < -0.3 is 10.0 Å². The third-order valence-corrected chi connectivity index (χ3v) is 3.95. The summed E-state index contributed by atoms with van der Waals surface area (Å²) in [6.45, 7) is 0.751. The van der Waals surface area contributed by atoms with Crippen LogP contribution in [0.4, 0.5) is 5.13 Å². The van der Waals surface area contributed by atoms with Gasteiger partial charge in [-0.3, -0.25) is 0 Å². The minimum Gasteiger partial charge on any atom is -0.480 e. The molecule has 16 heavy (non-hydrogen) atoms. The molecule has 1 aromatic heterocycles. The Balaban J connectivity index is 2.23. The second-order valence-corrected chi connectivity index (χ2v) is 5.07. The van der Waals surface area contributed by atoms with Crippen LogP contribution in [0, 0.1) is 0 Å². The summed E-state index contributed by atoms with van der Waals surface area (Å²) in [5.74, 6) is -0.770. The lowest BCUT2D eigenvalue weighted by Gasteiger charge is -2.26. The van der Waals surface area contributed by atoms with Crippen molar-refractivity contribution in [1.82, 2.24) is 4.98 Å². The first-order valence-electron chi connectivity index (χ1n) is 5.29. The van der Waals surface area contributed by atoms with E-state index in [1.165, 1.54) is 11.3 Å². The van der Waals surface area contributed by atoms with Crippen molar-refractivity contribution in [3.63, 3.8) is 0 Å². The molecule has 1 aliphatic heterocycles. The summed E-state index contributed by atoms with van der Waals surface area (Å²) in [7, 11) is 0. The van der Waals surface area contributed by atoms with E-state index in [0.29, 0.717) is 11.6 Å². The fourth-order valence-corrected chi connectivity index (χ4v) is 3.00. The molecular formula is C10H13ClN2O2S. The number of hydrogen-bond acceptors (Lipinski definition) is 4. The van der Waals surface area contributed by atoms with Crippen molar-refractivity contribution < 1.29 is 9.90 Å². The molecular weight excluding hydrogens is 248 g/mol. The number of carbonyl (C=O) groups is 1. The highest BCUT2D eigenvalue weighted by molar-refractivity contribution is 7.14. The van der Waals surface area contributed by atoms with E-state index in [9.17, 15) is 9.90 Å². The van der Waals surface area contributed by atoms with Crippen molar-refractivity contribution in [3.8, 4) is 0 Å². The van der Waals surface area contributed by atoms with Crippen molar-refractivity contribution in [1.29, 1.82) is 0 Å². The molecule has 6 heteroatoms. The van der Waals surface area contributed by atoms with E-state index >= 15 is 0 Å². The Morgan fingerprint density at radius 1 is 1.56 bits per heavy atom. The molecule has 1 saturated heterocycles. The molecule has 88 valence electrons. The van der Waals surface area contributed by atoms with Crippen molar-refractivity contribution in [2.24, 2.45) is 0 Å². The summed E-state index contributed by atoms with van der Waals surface area (Å²) < 4.78 is 0. The van der Waals surface area contributed by atoms with E-state index in [0.717, 1.165) is 30.9 Å². The highest BCUT2D eigenvalue weighted by atomic mass is 35.5. The molecule has 0 spiro atoms. The zero-order valence-corrected chi connectivity index (χ0v) is 10.3. The molecule has 1 aromatic rings. The Hall–Kier alpha value is -0.810. The number of halogens is 1. The summed E-state index contributed by atoms with van der Waals surface area (Å²) in [6.07, 6.45) is 3.75. The van der Waals surface area contributed by atoms with Crippen LogP contribution in [-0.2, 0) is 4.79 Å². The molecule has 0 saturated carbocycles. The Morgan fingerprint density at radius 3 is 3.00 bits per heavy atom. The number of nitrogens with zero attached hydrogens (tertiary/aromatic N) is 2. The van der Waals surface area contributed by atoms with Crippen LogP contribution in [0.1, 0.15) is 25.7 Å². The van der Waals surface area contributed by atoms with Gasteiger partial charge in [-0.05, 0) is 12.8 Å². The smallest absolute Gasteiger partial charge is 0.326 e. The van der Waals surface area contributed by atoms with Crippen LogP contribution in [0.2, 0.25) is 5.15 Å². The van der Waals surface area contributed by atoms with Crippen molar-refractivity contribution in [3.05, 3.63) is 10.5 Å². The lowest BCUT2D eigenvalue weighted by atomic mass is 10.1. The Morgan fingerprint density at radius 2 is 2.38 bits per heavy atom. The maximum Gasteiger partial charge on any atom is 0.326 e. The van der Waals surface area contributed by atoms with Gasteiger partial charge in [-0.1, -0.05) is 24.4 Å². The number of carboxylic acids is 1. The van der Waals surface area contributed by atoms with E-state index in [1.807, 2.05) is 4.90 Å². The van der Waals surface area contributed by atoms with Gasteiger partial charge in [0.05, 0.1) is 0 Å². The van der Waals surface area contributed by atoms with Crippen LogP contribution in [0.15, 0.2) is 5.38 Å². The Bertz CT molecular complexity index is 383. The van der Waals surface area contributed by atoms with Crippen LogP contribution in [-0.4, -0.2) is 28.6 Å². The monoisotopic (exact) mass is 260 g/mol. The highest BCUT2D eigenvalue weighted by Gasteiger charge is 2.28. The maximum absolute atomic E-state index is 11.2. The van der Waals surface area contributed by atoms with Crippen molar-refractivity contribution in [2.45, 2.75) is 31.7 Å². The zero-order chi connectivity index (χ0) is 11.5. The normalized spacial score (nSPS) is 21.8. The largest absolute Gasteiger partial charge is 0.480 e. The molecule has 1 N–H and O–H groups in total. The van der Waals surface area contributed by atoms with Crippen LogP contribution < -0.4 is 4.90 Å². The fourth-order valence-electron chi connectivity index (χ4n) is 1.97. The lowest BCUT2D eigenvalue weighted by Crippen LogP contribution is -2.40. The second kappa shape index (κ2) is 5.01. The molecule has 2 rings (SSSR count). The van der Waals surface area contributed by atoms with Gasteiger partial charge in [0, 0.05) is 11.9 Å². The Labute approximate surface area is 103 Å². The van der Waals surface area contributed by atoms with E-state index in [-0.39, 0.29) is 0 Å². The van der Waals surface area contributed by atoms with Gasteiger partial charge in [0.1, 0.15) is 11.2 Å². The van der Waals surface area contributed by atoms with Gasteiger partial charge in [0.25, 0.3) is 0 Å². The summed E-state index contributed by atoms with van der Waals surface area (Å²) in [4.78, 5) is 17.2. The molecule has 0 aromatic carbocycles. The van der Waals surface area contributed by atoms with Gasteiger partial charge in [-0.15, -0.1) is 11.3 Å². The van der Waals surface area contributed by atoms with Crippen LogP contribution >= 0.6 is 22.9 Å². The average molecular weight is 261 g/mol. The molecule has 1 atom stereocenters. The SMILES string of the molecule is O=C(O)C1CCCCCN1c1nc(Cl)cs1. The van der Waals surface area contributed by atoms with Gasteiger partial charge in [-0.25, -0.2) is 9.78 Å². The third kappa shape index (κ3) is 2.47. The molecule has 1 aliphatic rings. The first-order valence-corrected chi connectivity index (χ1v) is 6.55. The maximum atomic E-state index is 11.2. The lowest BCUT2D eigenvalue weighted by molar-refractivity contribution is -0.138. The minimum atomic E-state index is -0.770. The summed E-state index contributed by atoms with van der Waals surface area (Å²) in [5.41, 5.74) is 0. The van der Waals surface area contributed by atoms with E-state index in [4.69, 9.17) is 11.6 Å². The quantitative estimate of drug-likeness (QED) is 0.888. The molecule has 1 unspecified atom stereocenters. The molecule has 1 fully saturated rings. The summed E-state index contributed by atoms with van der Waals surface area (Å²) >= 11 is 7.18. The predicted molar refractivity (Wildman–Crippen MR) is 64.4 cm³/mol. The van der Waals surface area contributed by atoms with Gasteiger partial charge in [0.15, 0.2) is 5.13 Å². The third-order valence-electron chi connectivity index (χ3n) is 2.75. The van der Waals surface area contributed by atoms with Crippen LogP contribution in [0.3, 0.4) is 0 Å². The van der Waals surface area contributed by atoms with Crippen LogP contribution in [0.25, 0.3) is 0 Å². The van der Waals surface area contributed by atoms with E-state index in [1.54, 1.807) is 5.38 Å². The van der Waals surface area contributed by atoms with E-state index in [2.05, 4.69) is 4.98 Å². The van der Waals surface area contributed by atoms with Gasteiger partial charge in [-0.2, -0.15) is 0 Å². The topological polar surface area (TPSA) is 53.4 Å². The predicted octanol–water partition coefficient (Wildman–Crippen LogP) is 2.63. The number of aliphatic carboxylic acids is 1. The average Bonchev–Trinajstić information content (AvgIpc) is 2.54. The van der Waals surface area contributed by atoms with Crippen LogP contribution in [0.5, 0.6) is 0 Å².